The fourth-order valence-corrected chi connectivity index (χ4v) is 2.83. The summed E-state index contributed by atoms with van der Waals surface area (Å²) in [5.74, 6) is 1.15. The molecule has 0 atom stereocenters. The number of hydrogen-bond acceptors (Lipinski definition) is 5. The summed E-state index contributed by atoms with van der Waals surface area (Å²) in [5, 5.41) is 6.03. The van der Waals surface area contributed by atoms with Crippen LogP contribution in [0.15, 0.2) is 44.7 Å². The van der Waals surface area contributed by atoms with Crippen molar-refractivity contribution in [3.8, 4) is 11.5 Å². The number of hydrogen-bond donors (Lipinski definition) is 1. The summed E-state index contributed by atoms with van der Waals surface area (Å²) in [6.07, 6.45) is 0.682. The van der Waals surface area contributed by atoms with Crippen LogP contribution < -0.4 is 5.73 Å². The Hall–Kier alpha value is -1.66. The molecular weight excluding hydrogens is 326 g/mol. The van der Waals surface area contributed by atoms with Gasteiger partial charge in [0.15, 0.2) is 5.82 Å². The summed E-state index contributed by atoms with van der Waals surface area (Å²) in [5.41, 5.74) is 7.25. The second kappa shape index (κ2) is 5.14. The lowest BCUT2D eigenvalue weighted by Crippen LogP contribution is -1.89. The molecule has 96 valence electrons. The van der Waals surface area contributed by atoms with E-state index in [1.807, 2.05) is 29.6 Å². The van der Waals surface area contributed by atoms with Gasteiger partial charge in [-0.05, 0) is 45.6 Å². The Labute approximate surface area is 122 Å². The fourth-order valence-electron chi connectivity index (χ4n) is 1.71. The van der Waals surface area contributed by atoms with Crippen molar-refractivity contribution in [3.63, 3.8) is 0 Å². The van der Waals surface area contributed by atoms with E-state index in [0.717, 1.165) is 10.0 Å². The first-order valence-corrected chi connectivity index (χ1v) is 7.30. The third-order valence-corrected chi connectivity index (χ3v) is 4.17. The van der Waals surface area contributed by atoms with Gasteiger partial charge in [-0.1, -0.05) is 11.2 Å². The van der Waals surface area contributed by atoms with E-state index in [1.54, 1.807) is 11.3 Å². The minimum Gasteiger partial charge on any atom is -0.399 e. The number of nitrogens with zero attached hydrogens (tertiary/aromatic N) is 2. The molecule has 0 amide bonds. The van der Waals surface area contributed by atoms with Crippen molar-refractivity contribution < 1.29 is 4.52 Å². The van der Waals surface area contributed by atoms with Gasteiger partial charge >= 0.3 is 0 Å². The van der Waals surface area contributed by atoms with E-state index in [9.17, 15) is 0 Å². The van der Waals surface area contributed by atoms with Crippen molar-refractivity contribution in [2.45, 2.75) is 6.42 Å². The van der Waals surface area contributed by atoms with Crippen molar-refractivity contribution in [3.05, 3.63) is 50.9 Å². The Bertz CT molecular complexity index is 694. The number of anilines is 1. The number of aromatic nitrogens is 2. The molecule has 0 spiro atoms. The summed E-state index contributed by atoms with van der Waals surface area (Å²) >= 11 is 5.13. The Kier molecular flexibility index (Phi) is 3.35. The van der Waals surface area contributed by atoms with Crippen molar-refractivity contribution in [2.24, 2.45) is 0 Å². The molecule has 0 unspecified atom stereocenters. The van der Waals surface area contributed by atoms with Crippen molar-refractivity contribution in [1.29, 1.82) is 0 Å². The Morgan fingerprint density at radius 1 is 1.32 bits per heavy atom. The molecule has 0 aliphatic rings. The highest BCUT2D eigenvalue weighted by Crippen LogP contribution is 2.29. The third kappa shape index (κ3) is 2.69. The fraction of sp³-hybridized carbons (Fsp3) is 0.0769. The molecule has 0 aliphatic heterocycles. The van der Waals surface area contributed by atoms with Crippen molar-refractivity contribution in [1.82, 2.24) is 10.1 Å². The normalized spacial score (nSPS) is 10.8. The van der Waals surface area contributed by atoms with Crippen LogP contribution in [0.3, 0.4) is 0 Å². The highest BCUT2D eigenvalue weighted by molar-refractivity contribution is 9.10. The molecule has 3 rings (SSSR count). The quantitative estimate of drug-likeness (QED) is 0.740. The zero-order valence-electron chi connectivity index (χ0n) is 9.84. The van der Waals surface area contributed by atoms with Crippen LogP contribution in [-0.2, 0) is 6.42 Å². The molecule has 0 bridgehead atoms. The maximum absolute atomic E-state index is 5.77. The summed E-state index contributed by atoms with van der Waals surface area (Å²) in [6.45, 7) is 0. The van der Waals surface area contributed by atoms with E-state index in [2.05, 4.69) is 32.1 Å². The van der Waals surface area contributed by atoms with E-state index in [0.29, 0.717) is 23.8 Å². The lowest BCUT2D eigenvalue weighted by Gasteiger charge is -1.99. The number of rotatable bonds is 3. The van der Waals surface area contributed by atoms with Crippen molar-refractivity contribution >= 4 is 33.0 Å². The molecule has 0 radical (unpaired) electrons. The van der Waals surface area contributed by atoms with Crippen LogP contribution >= 0.6 is 27.3 Å². The molecule has 4 nitrogen and oxygen atoms in total. The second-order valence-electron chi connectivity index (χ2n) is 4.01. The first-order valence-electron chi connectivity index (χ1n) is 5.63. The van der Waals surface area contributed by atoms with Crippen LogP contribution in [0.1, 0.15) is 10.7 Å². The monoisotopic (exact) mass is 335 g/mol. The smallest absolute Gasteiger partial charge is 0.259 e. The largest absolute Gasteiger partial charge is 0.399 e. The summed E-state index contributed by atoms with van der Waals surface area (Å²) in [4.78, 5) is 5.61. The zero-order chi connectivity index (χ0) is 13.2. The summed E-state index contributed by atoms with van der Waals surface area (Å²) in [7, 11) is 0. The molecule has 1 aromatic carbocycles. The minimum absolute atomic E-state index is 0.478. The molecule has 2 aromatic heterocycles. The van der Waals surface area contributed by atoms with E-state index >= 15 is 0 Å². The SMILES string of the molecule is Nc1ccc(Br)c(-c2nc(Cc3cccs3)no2)c1. The molecule has 2 heterocycles. The van der Waals surface area contributed by atoms with Crippen LogP contribution in [0.25, 0.3) is 11.5 Å². The van der Waals surface area contributed by atoms with Crippen LogP contribution in [0, 0.1) is 0 Å². The topological polar surface area (TPSA) is 64.9 Å². The van der Waals surface area contributed by atoms with E-state index in [1.165, 1.54) is 4.88 Å². The van der Waals surface area contributed by atoms with Gasteiger partial charge in [-0.3, -0.25) is 0 Å². The number of nitrogens with two attached hydrogens (primary N) is 1. The average molecular weight is 336 g/mol. The lowest BCUT2D eigenvalue weighted by atomic mass is 10.2. The van der Waals surface area contributed by atoms with Gasteiger partial charge in [0, 0.05) is 21.5 Å². The van der Waals surface area contributed by atoms with E-state index in [4.69, 9.17) is 10.3 Å². The van der Waals surface area contributed by atoms with E-state index < -0.39 is 0 Å². The van der Waals surface area contributed by atoms with Crippen LogP contribution in [0.4, 0.5) is 5.69 Å². The van der Waals surface area contributed by atoms with Gasteiger partial charge in [-0.2, -0.15) is 4.98 Å². The average Bonchev–Trinajstić information content (AvgIpc) is 3.04. The first-order chi connectivity index (χ1) is 9.22. The van der Waals surface area contributed by atoms with Crippen molar-refractivity contribution in [2.75, 3.05) is 5.73 Å². The van der Waals surface area contributed by atoms with Gasteiger partial charge in [-0.25, -0.2) is 0 Å². The number of nitrogen functional groups attached to an aromatic ring is 1. The van der Waals surface area contributed by atoms with Crippen LogP contribution in [0.5, 0.6) is 0 Å². The standard InChI is InChI=1S/C13H10BrN3OS/c14-11-4-3-8(15)6-10(11)13-16-12(17-18-13)7-9-2-1-5-19-9/h1-6H,7,15H2. The molecular formula is C13H10BrN3OS. The minimum atomic E-state index is 0.478. The molecule has 0 saturated heterocycles. The highest BCUT2D eigenvalue weighted by Gasteiger charge is 2.13. The maximum Gasteiger partial charge on any atom is 0.259 e. The molecule has 6 heteroatoms. The Morgan fingerprint density at radius 2 is 2.21 bits per heavy atom. The van der Waals surface area contributed by atoms with Gasteiger partial charge in [0.25, 0.3) is 5.89 Å². The predicted octanol–water partition coefficient (Wildman–Crippen LogP) is 3.73. The first kappa shape index (κ1) is 12.4. The van der Waals surface area contributed by atoms with E-state index in [-0.39, 0.29) is 0 Å². The molecule has 2 N–H and O–H groups in total. The molecule has 3 aromatic rings. The van der Waals surface area contributed by atoms with Gasteiger partial charge < -0.3 is 10.3 Å². The predicted molar refractivity (Wildman–Crippen MR) is 79.0 cm³/mol. The number of halogens is 1. The Morgan fingerprint density at radius 3 is 3.00 bits per heavy atom. The number of thiophene rings is 1. The Balaban J connectivity index is 1.90. The second-order valence-corrected chi connectivity index (χ2v) is 5.90. The van der Waals surface area contributed by atoms with Gasteiger partial charge in [0.05, 0.1) is 5.56 Å². The zero-order valence-corrected chi connectivity index (χ0v) is 12.2. The highest BCUT2D eigenvalue weighted by atomic mass is 79.9. The van der Waals surface area contributed by atoms with Gasteiger partial charge in [-0.15, -0.1) is 11.3 Å². The molecule has 0 fully saturated rings. The van der Waals surface area contributed by atoms with Gasteiger partial charge in [0.2, 0.25) is 0 Å². The van der Waals surface area contributed by atoms with Crippen LogP contribution in [0.2, 0.25) is 0 Å². The maximum atomic E-state index is 5.77. The molecule has 19 heavy (non-hydrogen) atoms. The summed E-state index contributed by atoms with van der Waals surface area (Å²) < 4.78 is 6.18. The summed E-state index contributed by atoms with van der Waals surface area (Å²) in [6, 6.07) is 9.56. The molecule has 0 aliphatic carbocycles. The lowest BCUT2D eigenvalue weighted by molar-refractivity contribution is 0.424. The van der Waals surface area contributed by atoms with Crippen LogP contribution in [-0.4, -0.2) is 10.1 Å². The van der Waals surface area contributed by atoms with Gasteiger partial charge in [0.1, 0.15) is 0 Å². The number of benzene rings is 1. The third-order valence-electron chi connectivity index (χ3n) is 2.60. The molecule has 0 saturated carbocycles.